The molecule has 4 N–H and O–H groups in total. The van der Waals surface area contributed by atoms with Gasteiger partial charge in [0.2, 0.25) is 5.91 Å². The molecule has 1 aliphatic heterocycles. The van der Waals surface area contributed by atoms with E-state index in [1.165, 1.54) is 6.92 Å². The van der Waals surface area contributed by atoms with E-state index in [0.717, 1.165) is 0 Å². The topological polar surface area (TPSA) is 129 Å². The Bertz CT molecular complexity index is 477. The number of hydrogen-bond acceptors (Lipinski definition) is 5. The van der Waals surface area contributed by atoms with Gasteiger partial charge in [0.25, 0.3) is 0 Å². The highest BCUT2D eigenvalue weighted by Gasteiger charge is 2.24. The number of esters is 1. The first-order valence-electron chi connectivity index (χ1n) is 8.39. The normalized spacial score (nSPS) is 14.4. The maximum Gasteiger partial charge on any atom is 0.325 e. The van der Waals surface area contributed by atoms with Crippen molar-refractivity contribution in [3.63, 3.8) is 0 Å². The summed E-state index contributed by atoms with van der Waals surface area (Å²) < 4.78 is 4.74. The molecule has 25 heavy (non-hydrogen) atoms. The van der Waals surface area contributed by atoms with Crippen LogP contribution in [0.15, 0.2) is 0 Å². The quantitative estimate of drug-likeness (QED) is 0.349. The van der Waals surface area contributed by atoms with E-state index in [-0.39, 0.29) is 37.2 Å². The Morgan fingerprint density at radius 2 is 1.68 bits per heavy atom. The van der Waals surface area contributed by atoms with Crippen molar-refractivity contribution >= 4 is 23.9 Å². The van der Waals surface area contributed by atoms with Crippen molar-refractivity contribution in [1.82, 2.24) is 26.2 Å². The van der Waals surface area contributed by atoms with Crippen LogP contribution < -0.4 is 21.3 Å². The highest BCUT2D eigenvalue weighted by molar-refractivity contribution is 5.81. The molecule has 0 aromatic heterocycles. The number of carbonyl (C=O) groups excluding carboxylic acids is 4. The van der Waals surface area contributed by atoms with Crippen molar-refractivity contribution in [1.29, 1.82) is 0 Å². The summed E-state index contributed by atoms with van der Waals surface area (Å²) >= 11 is 0. The summed E-state index contributed by atoms with van der Waals surface area (Å²) in [4.78, 5) is 47.2. The van der Waals surface area contributed by atoms with Gasteiger partial charge in [0.05, 0.1) is 6.61 Å². The summed E-state index contributed by atoms with van der Waals surface area (Å²) in [6, 6.07) is -0.628. The van der Waals surface area contributed by atoms with Crippen molar-refractivity contribution in [2.24, 2.45) is 0 Å². The molecule has 0 aromatic carbocycles. The predicted octanol–water partition coefficient (Wildman–Crippen LogP) is -0.841. The Kier molecular flexibility index (Phi) is 9.12. The van der Waals surface area contributed by atoms with E-state index in [1.807, 2.05) is 0 Å². The molecule has 5 amide bonds. The van der Waals surface area contributed by atoms with E-state index < -0.39 is 5.97 Å². The van der Waals surface area contributed by atoms with Crippen molar-refractivity contribution in [3.05, 3.63) is 0 Å². The van der Waals surface area contributed by atoms with Gasteiger partial charge in [-0.2, -0.15) is 0 Å². The molecule has 0 aliphatic carbocycles. The lowest BCUT2D eigenvalue weighted by molar-refractivity contribution is -0.141. The first-order valence-corrected chi connectivity index (χ1v) is 8.39. The van der Waals surface area contributed by atoms with E-state index in [0.29, 0.717) is 39.0 Å². The number of hydrogen-bond donors (Lipinski definition) is 4. The molecule has 0 atom stereocenters. The molecular formula is C15H27N5O5. The van der Waals surface area contributed by atoms with E-state index in [2.05, 4.69) is 21.3 Å². The van der Waals surface area contributed by atoms with E-state index in [1.54, 1.807) is 11.8 Å². The summed E-state index contributed by atoms with van der Waals surface area (Å²) in [5, 5.41) is 10.6. The van der Waals surface area contributed by atoms with Crippen LogP contribution in [0.3, 0.4) is 0 Å². The molecule has 1 fully saturated rings. The number of ether oxygens (including phenoxy) is 1. The Balaban J connectivity index is 2.18. The summed E-state index contributed by atoms with van der Waals surface area (Å²) in [5.41, 5.74) is 0. The van der Waals surface area contributed by atoms with Gasteiger partial charge in [0.15, 0.2) is 0 Å². The van der Waals surface area contributed by atoms with Crippen LogP contribution in [0.5, 0.6) is 0 Å². The lowest BCUT2D eigenvalue weighted by atomic mass is 10.1. The third-order valence-corrected chi connectivity index (χ3v) is 3.59. The molecular weight excluding hydrogens is 330 g/mol. The smallest absolute Gasteiger partial charge is 0.325 e. The van der Waals surface area contributed by atoms with Gasteiger partial charge in [-0.3, -0.25) is 9.59 Å². The van der Waals surface area contributed by atoms with Gasteiger partial charge in [-0.05, 0) is 19.8 Å². The summed E-state index contributed by atoms with van der Waals surface area (Å²) in [6.45, 7) is 4.95. The SMILES string of the molecule is CCOC(=O)CNC(=O)N1CCC(NC(=O)NCCNC(C)=O)CC1. The van der Waals surface area contributed by atoms with Gasteiger partial charge in [-0.1, -0.05) is 0 Å². The van der Waals surface area contributed by atoms with Gasteiger partial charge in [-0.25, -0.2) is 9.59 Å². The third-order valence-electron chi connectivity index (χ3n) is 3.59. The van der Waals surface area contributed by atoms with Crippen molar-refractivity contribution in [3.8, 4) is 0 Å². The Labute approximate surface area is 147 Å². The zero-order valence-electron chi connectivity index (χ0n) is 14.7. The van der Waals surface area contributed by atoms with Crippen LogP contribution >= 0.6 is 0 Å². The standard InChI is InChI=1S/C15H27N5O5/c1-3-25-13(22)10-18-15(24)20-8-4-12(5-9-20)19-14(23)17-7-6-16-11(2)21/h12H,3-10H2,1-2H3,(H,16,21)(H,18,24)(H2,17,19,23). The minimum Gasteiger partial charge on any atom is -0.465 e. The molecule has 0 bridgehead atoms. The van der Waals surface area contributed by atoms with Gasteiger partial charge >= 0.3 is 18.0 Å². The summed E-state index contributed by atoms with van der Waals surface area (Å²) in [7, 11) is 0. The predicted molar refractivity (Wildman–Crippen MR) is 89.8 cm³/mol. The molecule has 10 nitrogen and oxygen atoms in total. The van der Waals surface area contributed by atoms with Crippen LogP contribution in [0.25, 0.3) is 0 Å². The molecule has 0 spiro atoms. The van der Waals surface area contributed by atoms with Gasteiger partial charge in [0, 0.05) is 39.1 Å². The zero-order chi connectivity index (χ0) is 18.7. The third kappa shape index (κ3) is 8.77. The molecule has 1 heterocycles. The first kappa shape index (κ1) is 20.5. The molecule has 10 heteroatoms. The van der Waals surface area contributed by atoms with Crippen LogP contribution in [-0.4, -0.2) is 74.2 Å². The molecule has 142 valence electrons. The average molecular weight is 357 g/mol. The maximum atomic E-state index is 11.9. The van der Waals surface area contributed by atoms with Crippen molar-refractivity contribution in [2.45, 2.75) is 32.7 Å². The Morgan fingerprint density at radius 3 is 2.28 bits per heavy atom. The number of piperidine rings is 1. The minimum atomic E-state index is -0.469. The number of amides is 5. The average Bonchev–Trinajstić information content (AvgIpc) is 2.57. The van der Waals surface area contributed by atoms with Crippen molar-refractivity contribution < 1.29 is 23.9 Å². The molecule has 1 rings (SSSR count). The lowest BCUT2D eigenvalue weighted by Gasteiger charge is -2.32. The van der Waals surface area contributed by atoms with E-state index in [9.17, 15) is 19.2 Å². The highest BCUT2D eigenvalue weighted by atomic mass is 16.5. The van der Waals surface area contributed by atoms with Crippen LogP contribution in [0.4, 0.5) is 9.59 Å². The van der Waals surface area contributed by atoms with Crippen LogP contribution in [0.1, 0.15) is 26.7 Å². The van der Waals surface area contributed by atoms with Crippen LogP contribution in [0.2, 0.25) is 0 Å². The second kappa shape index (κ2) is 11.1. The fourth-order valence-electron chi connectivity index (χ4n) is 2.35. The molecule has 1 aliphatic rings. The van der Waals surface area contributed by atoms with Gasteiger partial charge in [0.1, 0.15) is 6.54 Å². The fraction of sp³-hybridized carbons (Fsp3) is 0.733. The second-order valence-corrected chi connectivity index (χ2v) is 5.61. The number of likely N-dealkylation sites (tertiary alicyclic amines) is 1. The van der Waals surface area contributed by atoms with Crippen LogP contribution in [-0.2, 0) is 14.3 Å². The number of carbonyl (C=O) groups is 4. The molecule has 0 saturated carbocycles. The number of rotatable bonds is 7. The van der Waals surface area contributed by atoms with Gasteiger partial charge in [-0.15, -0.1) is 0 Å². The molecule has 0 aromatic rings. The summed E-state index contributed by atoms with van der Waals surface area (Å²) in [6.07, 6.45) is 1.26. The maximum absolute atomic E-state index is 11.9. The number of nitrogens with one attached hydrogen (secondary N) is 4. The minimum absolute atomic E-state index is 0.0186. The molecule has 1 saturated heterocycles. The lowest BCUT2D eigenvalue weighted by Crippen LogP contribution is -2.52. The summed E-state index contributed by atoms with van der Waals surface area (Å²) in [5.74, 6) is -0.612. The number of nitrogens with zero attached hydrogens (tertiary/aromatic N) is 1. The molecule has 0 unspecified atom stereocenters. The monoisotopic (exact) mass is 357 g/mol. The van der Waals surface area contributed by atoms with E-state index >= 15 is 0 Å². The first-order chi connectivity index (χ1) is 11.9. The van der Waals surface area contributed by atoms with Gasteiger partial charge < -0.3 is 30.9 Å². The van der Waals surface area contributed by atoms with Crippen molar-refractivity contribution in [2.75, 3.05) is 39.3 Å². The highest BCUT2D eigenvalue weighted by Crippen LogP contribution is 2.10. The second-order valence-electron chi connectivity index (χ2n) is 5.61. The largest absolute Gasteiger partial charge is 0.465 e. The fourth-order valence-corrected chi connectivity index (χ4v) is 2.35. The Morgan fingerprint density at radius 1 is 1.04 bits per heavy atom. The molecule has 0 radical (unpaired) electrons. The Hall–Kier alpha value is -2.52. The number of urea groups is 2. The van der Waals surface area contributed by atoms with Crippen LogP contribution in [0, 0.1) is 0 Å². The zero-order valence-corrected chi connectivity index (χ0v) is 14.7. The van der Waals surface area contributed by atoms with E-state index in [4.69, 9.17) is 4.74 Å².